The average molecular weight is 225 g/mol. The van der Waals surface area contributed by atoms with Crippen LogP contribution in [0.15, 0.2) is 10.7 Å². The van der Waals surface area contributed by atoms with Gasteiger partial charge >= 0.3 is 6.01 Å². The first-order chi connectivity index (χ1) is 7.29. The van der Waals surface area contributed by atoms with Crippen LogP contribution < -0.4 is 11.1 Å². The maximum atomic E-state index is 11.6. The highest BCUT2D eigenvalue weighted by Crippen LogP contribution is 2.20. The SMILES string of the molecule is Cc1coc(NC(=O)CC(N)C(C)(C)C)n1. The van der Waals surface area contributed by atoms with Crippen molar-refractivity contribution < 1.29 is 9.21 Å². The van der Waals surface area contributed by atoms with Crippen LogP contribution in [0, 0.1) is 12.3 Å². The van der Waals surface area contributed by atoms with Crippen molar-refractivity contribution in [3.8, 4) is 0 Å². The molecule has 16 heavy (non-hydrogen) atoms. The Morgan fingerprint density at radius 1 is 1.62 bits per heavy atom. The molecule has 5 nitrogen and oxygen atoms in total. The Hall–Kier alpha value is -1.36. The summed E-state index contributed by atoms with van der Waals surface area (Å²) in [5.74, 6) is -0.177. The molecule has 1 unspecified atom stereocenters. The molecule has 1 amide bonds. The van der Waals surface area contributed by atoms with Crippen molar-refractivity contribution in [3.05, 3.63) is 12.0 Å². The highest BCUT2D eigenvalue weighted by molar-refractivity contribution is 5.89. The molecule has 1 rings (SSSR count). The van der Waals surface area contributed by atoms with Crippen LogP contribution in [0.2, 0.25) is 0 Å². The van der Waals surface area contributed by atoms with Crippen LogP contribution in [0.4, 0.5) is 6.01 Å². The number of nitrogens with two attached hydrogens (primary N) is 1. The van der Waals surface area contributed by atoms with Crippen LogP contribution in [0.25, 0.3) is 0 Å². The van der Waals surface area contributed by atoms with Gasteiger partial charge in [-0.3, -0.25) is 10.1 Å². The van der Waals surface area contributed by atoms with E-state index in [2.05, 4.69) is 10.3 Å². The fraction of sp³-hybridized carbons (Fsp3) is 0.636. The third kappa shape index (κ3) is 3.66. The van der Waals surface area contributed by atoms with Gasteiger partial charge in [-0.15, -0.1) is 0 Å². The number of oxazole rings is 1. The first kappa shape index (κ1) is 12.7. The lowest BCUT2D eigenvalue weighted by Gasteiger charge is -2.26. The number of amides is 1. The van der Waals surface area contributed by atoms with Gasteiger partial charge in [0, 0.05) is 12.5 Å². The third-order valence-corrected chi connectivity index (χ3v) is 2.38. The molecule has 0 spiro atoms. The van der Waals surface area contributed by atoms with E-state index in [4.69, 9.17) is 10.2 Å². The molecule has 0 aliphatic rings. The number of hydrogen-bond donors (Lipinski definition) is 2. The van der Waals surface area contributed by atoms with Crippen LogP contribution in [0.5, 0.6) is 0 Å². The molecule has 90 valence electrons. The van der Waals surface area contributed by atoms with E-state index >= 15 is 0 Å². The van der Waals surface area contributed by atoms with Crippen molar-refractivity contribution in [1.82, 2.24) is 4.98 Å². The molecule has 1 aromatic rings. The molecule has 0 bridgehead atoms. The summed E-state index contributed by atoms with van der Waals surface area (Å²) in [5.41, 5.74) is 6.54. The van der Waals surface area contributed by atoms with E-state index < -0.39 is 0 Å². The van der Waals surface area contributed by atoms with Crippen LogP contribution in [-0.2, 0) is 4.79 Å². The summed E-state index contributed by atoms with van der Waals surface area (Å²) in [4.78, 5) is 15.6. The van der Waals surface area contributed by atoms with Gasteiger partial charge in [-0.1, -0.05) is 20.8 Å². The van der Waals surface area contributed by atoms with Crippen molar-refractivity contribution >= 4 is 11.9 Å². The number of nitrogens with one attached hydrogen (secondary N) is 1. The van der Waals surface area contributed by atoms with Gasteiger partial charge < -0.3 is 10.2 Å². The zero-order valence-corrected chi connectivity index (χ0v) is 10.2. The predicted molar refractivity (Wildman–Crippen MR) is 61.9 cm³/mol. The zero-order valence-electron chi connectivity index (χ0n) is 10.2. The van der Waals surface area contributed by atoms with Gasteiger partial charge in [-0.2, -0.15) is 4.98 Å². The molecule has 0 aromatic carbocycles. The molecule has 0 saturated carbocycles. The highest BCUT2D eigenvalue weighted by atomic mass is 16.4. The number of aryl methyl sites for hydroxylation is 1. The van der Waals surface area contributed by atoms with Crippen molar-refractivity contribution in [1.29, 1.82) is 0 Å². The zero-order chi connectivity index (χ0) is 12.3. The number of anilines is 1. The maximum absolute atomic E-state index is 11.6. The number of carbonyl (C=O) groups excluding carboxylic acids is 1. The van der Waals surface area contributed by atoms with Crippen molar-refractivity contribution in [2.24, 2.45) is 11.1 Å². The topological polar surface area (TPSA) is 81.2 Å². The summed E-state index contributed by atoms with van der Waals surface area (Å²) in [7, 11) is 0. The fourth-order valence-corrected chi connectivity index (χ4v) is 1.09. The van der Waals surface area contributed by atoms with Gasteiger partial charge in [0.15, 0.2) is 0 Å². The van der Waals surface area contributed by atoms with E-state index in [1.807, 2.05) is 20.8 Å². The molecule has 0 radical (unpaired) electrons. The van der Waals surface area contributed by atoms with Gasteiger partial charge in [0.2, 0.25) is 5.91 Å². The molecule has 1 aromatic heterocycles. The van der Waals surface area contributed by atoms with E-state index in [9.17, 15) is 4.79 Å². The Balaban J connectivity index is 2.48. The van der Waals surface area contributed by atoms with E-state index in [1.54, 1.807) is 6.92 Å². The van der Waals surface area contributed by atoms with Crippen LogP contribution in [0.3, 0.4) is 0 Å². The summed E-state index contributed by atoms with van der Waals surface area (Å²) in [6.45, 7) is 7.79. The second-order valence-electron chi connectivity index (χ2n) is 5.02. The van der Waals surface area contributed by atoms with Crippen molar-refractivity contribution in [2.75, 3.05) is 5.32 Å². The minimum atomic E-state index is -0.191. The van der Waals surface area contributed by atoms with Gasteiger partial charge in [-0.05, 0) is 12.3 Å². The molecule has 3 N–H and O–H groups in total. The molecule has 0 saturated heterocycles. The normalized spacial score (nSPS) is 13.6. The summed E-state index contributed by atoms with van der Waals surface area (Å²) in [5, 5.41) is 2.57. The lowest BCUT2D eigenvalue weighted by molar-refractivity contribution is -0.117. The lowest BCUT2D eigenvalue weighted by atomic mass is 9.85. The number of hydrogen-bond acceptors (Lipinski definition) is 4. The Labute approximate surface area is 95.4 Å². The van der Waals surface area contributed by atoms with E-state index in [0.29, 0.717) is 0 Å². The molecular formula is C11H19N3O2. The Bertz CT molecular complexity index is 366. The van der Waals surface area contributed by atoms with Gasteiger partial charge in [0.25, 0.3) is 0 Å². The fourth-order valence-electron chi connectivity index (χ4n) is 1.09. The van der Waals surface area contributed by atoms with E-state index in [1.165, 1.54) is 6.26 Å². The quantitative estimate of drug-likeness (QED) is 0.820. The molecular weight excluding hydrogens is 206 g/mol. The Morgan fingerprint density at radius 2 is 2.25 bits per heavy atom. The molecule has 1 heterocycles. The number of carbonyl (C=O) groups is 1. The molecule has 1 atom stereocenters. The summed E-state index contributed by atoms with van der Waals surface area (Å²) in [6, 6.07) is 0.0344. The molecule has 0 aliphatic heterocycles. The first-order valence-corrected chi connectivity index (χ1v) is 5.26. The smallest absolute Gasteiger partial charge is 0.301 e. The van der Waals surface area contributed by atoms with Crippen LogP contribution in [0.1, 0.15) is 32.9 Å². The molecule has 0 fully saturated rings. The van der Waals surface area contributed by atoms with E-state index in [-0.39, 0.29) is 29.8 Å². The Kier molecular flexibility index (Phi) is 3.70. The Morgan fingerprint density at radius 3 is 2.69 bits per heavy atom. The van der Waals surface area contributed by atoms with Crippen LogP contribution in [-0.4, -0.2) is 16.9 Å². The maximum Gasteiger partial charge on any atom is 0.301 e. The second kappa shape index (κ2) is 4.65. The van der Waals surface area contributed by atoms with Crippen molar-refractivity contribution in [2.45, 2.75) is 40.2 Å². The number of rotatable bonds is 3. The monoisotopic (exact) mass is 225 g/mol. The van der Waals surface area contributed by atoms with Gasteiger partial charge in [0.1, 0.15) is 6.26 Å². The number of aromatic nitrogens is 1. The minimum Gasteiger partial charge on any atom is -0.432 e. The molecule has 0 aliphatic carbocycles. The third-order valence-electron chi connectivity index (χ3n) is 2.38. The van der Waals surface area contributed by atoms with E-state index in [0.717, 1.165) is 5.69 Å². The molecule has 5 heteroatoms. The summed E-state index contributed by atoms with van der Waals surface area (Å²) < 4.78 is 5.02. The average Bonchev–Trinajstić information content (AvgIpc) is 2.49. The summed E-state index contributed by atoms with van der Waals surface area (Å²) >= 11 is 0. The van der Waals surface area contributed by atoms with Gasteiger partial charge in [-0.25, -0.2) is 0 Å². The highest BCUT2D eigenvalue weighted by Gasteiger charge is 2.23. The second-order valence-corrected chi connectivity index (χ2v) is 5.02. The largest absolute Gasteiger partial charge is 0.432 e. The predicted octanol–water partition coefficient (Wildman–Crippen LogP) is 1.69. The minimum absolute atomic E-state index is 0.0934. The van der Waals surface area contributed by atoms with Crippen LogP contribution >= 0.6 is 0 Å². The lowest BCUT2D eigenvalue weighted by Crippen LogP contribution is -2.38. The first-order valence-electron chi connectivity index (χ1n) is 5.26. The number of nitrogens with zero attached hydrogens (tertiary/aromatic N) is 1. The van der Waals surface area contributed by atoms with Gasteiger partial charge in [0.05, 0.1) is 5.69 Å². The van der Waals surface area contributed by atoms with Crippen molar-refractivity contribution in [3.63, 3.8) is 0 Å². The summed E-state index contributed by atoms with van der Waals surface area (Å²) in [6.07, 6.45) is 1.74. The standard InChI is InChI=1S/C11H19N3O2/c1-7-6-16-10(13-7)14-9(15)5-8(12)11(2,3)4/h6,8H,5,12H2,1-4H3,(H,13,14,15).